The summed E-state index contributed by atoms with van der Waals surface area (Å²) in [7, 11) is -3.66. The molecule has 5 nitrogen and oxygen atoms in total. The van der Waals surface area contributed by atoms with Crippen LogP contribution in [-0.2, 0) is 10.0 Å². The number of nitrogens with one attached hydrogen (secondary N) is 2. The van der Waals surface area contributed by atoms with Crippen LogP contribution in [0, 0.1) is 13.8 Å². The van der Waals surface area contributed by atoms with Crippen LogP contribution in [0.25, 0.3) is 0 Å². The topological polar surface area (TPSA) is 75.3 Å². The fraction of sp³-hybridized carbons (Fsp3) is 0.0952. The first-order valence-corrected chi connectivity index (χ1v) is 9.89. The average Bonchev–Trinajstić information content (AvgIpc) is 2.62. The van der Waals surface area contributed by atoms with Crippen molar-refractivity contribution >= 4 is 27.3 Å². The maximum Gasteiger partial charge on any atom is 0.261 e. The van der Waals surface area contributed by atoms with Crippen LogP contribution in [0.5, 0.6) is 0 Å². The highest BCUT2D eigenvalue weighted by Gasteiger charge is 2.14. The maximum atomic E-state index is 12.4. The monoisotopic (exact) mass is 380 g/mol. The molecule has 0 aliphatic carbocycles. The molecule has 0 aliphatic rings. The number of carbonyl (C=O) groups excluding carboxylic acids is 1. The molecule has 1 amide bonds. The largest absolute Gasteiger partial charge is 0.322 e. The highest BCUT2D eigenvalue weighted by Crippen LogP contribution is 2.18. The SMILES string of the molecule is Cc1cc(C)cc(NC(=O)c2ccc(NS(=O)(=O)c3ccccc3)cc2)c1. The van der Waals surface area contributed by atoms with Gasteiger partial charge in [-0.2, -0.15) is 0 Å². The van der Waals surface area contributed by atoms with Gasteiger partial charge in [-0.05, 0) is 73.5 Å². The third-order valence-electron chi connectivity index (χ3n) is 3.93. The number of rotatable bonds is 5. The molecule has 3 aromatic rings. The quantitative estimate of drug-likeness (QED) is 0.691. The van der Waals surface area contributed by atoms with Crippen molar-refractivity contribution in [2.45, 2.75) is 18.7 Å². The van der Waals surface area contributed by atoms with Crippen molar-refractivity contribution in [1.82, 2.24) is 0 Å². The van der Waals surface area contributed by atoms with Crippen LogP contribution in [0.15, 0.2) is 77.7 Å². The van der Waals surface area contributed by atoms with Gasteiger partial charge in [-0.3, -0.25) is 9.52 Å². The van der Waals surface area contributed by atoms with Gasteiger partial charge in [0.05, 0.1) is 4.90 Å². The zero-order chi connectivity index (χ0) is 19.4. The molecule has 6 heteroatoms. The van der Waals surface area contributed by atoms with Gasteiger partial charge in [0.15, 0.2) is 0 Å². The summed E-state index contributed by atoms with van der Waals surface area (Å²) >= 11 is 0. The Morgan fingerprint density at radius 2 is 1.37 bits per heavy atom. The number of hydrogen-bond acceptors (Lipinski definition) is 3. The van der Waals surface area contributed by atoms with Crippen LogP contribution in [0.3, 0.4) is 0 Å². The van der Waals surface area contributed by atoms with Crippen LogP contribution < -0.4 is 10.0 Å². The lowest BCUT2D eigenvalue weighted by atomic mass is 10.1. The molecule has 0 saturated heterocycles. The fourth-order valence-corrected chi connectivity index (χ4v) is 3.83. The van der Waals surface area contributed by atoms with Crippen LogP contribution in [0.2, 0.25) is 0 Å². The normalized spacial score (nSPS) is 11.0. The lowest BCUT2D eigenvalue weighted by Crippen LogP contribution is -2.14. The van der Waals surface area contributed by atoms with Gasteiger partial charge in [-0.1, -0.05) is 24.3 Å². The fourth-order valence-electron chi connectivity index (χ4n) is 2.75. The second kappa shape index (κ2) is 7.63. The molecule has 138 valence electrons. The minimum absolute atomic E-state index is 0.182. The molecular formula is C21H20N2O3S. The Hall–Kier alpha value is -3.12. The van der Waals surface area contributed by atoms with E-state index in [1.807, 2.05) is 32.0 Å². The van der Waals surface area contributed by atoms with Gasteiger partial charge in [-0.15, -0.1) is 0 Å². The van der Waals surface area contributed by atoms with Crippen LogP contribution in [0.1, 0.15) is 21.5 Å². The number of benzene rings is 3. The van der Waals surface area contributed by atoms with E-state index in [2.05, 4.69) is 10.0 Å². The van der Waals surface area contributed by atoms with E-state index in [1.54, 1.807) is 42.5 Å². The van der Waals surface area contributed by atoms with Crippen LogP contribution in [0.4, 0.5) is 11.4 Å². The summed E-state index contributed by atoms with van der Waals surface area (Å²) in [4.78, 5) is 12.6. The lowest BCUT2D eigenvalue weighted by molar-refractivity contribution is 0.102. The first-order valence-electron chi connectivity index (χ1n) is 8.41. The maximum absolute atomic E-state index is 12.4. The molecule has 2 N–H and O–H groups in total. The summed E-state index contributed by atoms with van der Waals surface area (Å²) in [5.41, 5.74) is 3.69. The van der Waals surface area contributed by atoms with Crippen molar-refractivity contribution in [2.75, 3.05) is 10.0 Å². The van der Waals surface area contributed by atoms with Gasteiger partial charge in [0.25, 0.3) is 15.9 Å². The molecule has 0 atom stereocenters. The third kappa shape index (κ3) is 4.74. The first-order chi connectivity index (χ1) is 12.8. The van der Waals surface area contributed by atoms with Crippen molar-refractivity contribution in [3.05, 3.63) is 89.5 Å². The predicted octanol–water partition coefficient (Wildman–Crippen LogP) is 4.36. The van der Waals surface area contributed by atoms with Crippen molar-refractivity contribution in [3.8, 4) is 0 Å². The molecule has 0 bridgehead atoms. The van der Waals surface area contributed by atoms with Gasteiger partial charge in [-0.25, -0.2) is 8.42 Å². The minimum Gasteiger partial charge on any atom is -0.322 e. The Morgan fingerprint density at radius 3 is 1.96 bits per heavy atom. The van der Waals surface area contributed by atoms with Crippen molar-refractivity contribution in [3.63, 3.8) is 0 Å². The smallest absolute Gasteiger partial charge is 0.261 e. The number of amides is 1. The Bertz CT molecular complexity index is 1040. The van der Waals surface area contributed by atoms with E-state index in [0.29, 0.717) is 11.3 Å². The third-order valence-corrected chi connectivity index (χ3v) is 5.33. The molecule has 0 heterocycles. The Morgan fingerprint density at radius 1 is 0.778 bits per heavy atom. The van der Waals surface area contributed by atoms with Crippen molar-refractivity contribution < 1.29 is 13.2 Å². The molecule has 0 unspecified atom stereocenters. The molecule has 3 rings (SSSR count). The Labute approximate surface area is 159 Å². The first kappa shape index (κ1) is 18.7. The molecule has 0 radical (unpaired) electrons. The number of hydrogen-bond donors (Lipinski definition) is 2. The van der Waals surface area contributed by atoms with Gasteiger partial charge < -0.3 is 5.32 Å². The Kier molecular flexibility index (Phi) is 5.28. The van der Waals surface area contributed by atoms with Crippen LogP contribution in [-0.4, -0.2) is 14.3 Å². The van der Waals surface area contributed by atoms with Crippen molar-refractivity contribution in [1.29, 1.82) is 0 Å². The summed E-state index contributed by atoms with van der Waals surface area (Å²) in [5.74, 6) is -0.252. The average molecular weight is 380 g/mol. The molecule has 27 heavy (non-hydrogen) atoms. The van der Waals surface area contributed by atoms with E-state index in [4.69, 9.17) is 0 Å². The lowest BCUT2D eigenvalue weighted by Gasteiger charge is -2.10. The van der Waals surface area contributed by atoms with Gasteiger partial charge >= 0.3 is 0 Å². The highest BCUT2D eigenvalue weighted by atomic mass is 32.2. The van der Waals surface area contributed by atoms with E-state index in [-0.39, 0.29) is 10.8 Å². The second-order valence-corrected chi connectivity index (χ2v) is 8.01. The molecule has 0 spiro atoms. The van der Waals surface area contributed by atoms with Gasteiger partial charge in [0, 0.05) is 16.9 Å². The standard InChI is InChI=1S/C21H20N2O3S/c1-15-12-16(2)14-19(13-15)22-21(24)17-8-10-18(11-9-17)23-27(25,26)20-6-4-3-5-7-20/h3-14,23H,1-2H3,(H,22,24). The summed E-state index contributed by atoms with van der Waals surface area (Å²) in [5, 5.41) is 2.86. The minimum atomic E-state index is -3.66. The molecule has 0 aromatic heterocycles. The number of carbonyl (C=O) groups is 1. The second-order valence-electron chi connectivity index (χ2n) is 6.33. The number of aryl methyl sites for hydroxylation is 2. The highest BCUT2D eigenvalue weighted by molar-refractivity contribution is 7.92. The Balaban J connectivity index is 1.72. The summed E-state index contributed by atoms with van der Waals surface area (Å²) in [6, 6.07) is 20.2. The predicted molar refractivity (Wildman–Crippen MR) is 108 cm³/mol. The zero-order valence-electron chi connectivity index (χ0n) is 15.1. The molecule has 0 aliphatic heterocycles. The van der Waals surface area contributed by atoms with E-state index in [1.165, 1.54) is 12.1 Å². The van der Waals surface area contributed by atoms with Gasteiger partial charge in [0.1, 0.15) is 0 Å². The molecule has 0 saturated carbocycles. The van der Waals surface area contributed by atoms with Crippen molar-refractivity contribution in [2.24, 2.45) is 0 Å². The summed E-state index contributed by atoms with van der Waals surface area (Å²) < 4.78 is 27.2. The van der Waals surface area contributed by atoms with E-state index in [0.717, 1.165) is 16.8 Å². The molecule has 3 aromatic carbocycles. The van der Waals surface area contributed by atoms with E-state index >= 15 is 0 Å². The molecular weight excluding hydrogens is 360 g/mol. The molecule has 0 fully saturated rings. The van der Waals surface area contributed by atoms with E-state index in [9.17, 15) is 13.2 Å². The number of sulfonamides is 1. The zero-order valence-corrected chi connectivity index (χ0v) is 15.9. The summed E-state index contributed by atoms with van der Waals surface area (Å²) in [6.45, 7) is 3.94. The number of anilines is 2. The van der Waals surface area contributed by atoms with Crippen LogP contribution >= 0.6 is 0 Å². The summed E-state index contributed by atoms with van der Waals surface area (Å²) in [6.07, 6.45) is 0. The van der Waals surface area contributed by atoms with E-state index < -0.39 is 10.0 Å². The van der Waals surface area contributed by atoms with Gasteiger partial charge in [0.2, 0.25) is 0 Å².